The van der Waals surface area contributed by atoms with E-state index in [0.717, 1.165) is 25.7 Å². The van der Waals surface area contributed by atoms with Crippen LogP contribution in [0.1, 0.15) is 38.5 Å². The fraction of sp³-hybridized carbons (Fsp3) is 0.857. The number of carboxylic acid groups (broad SMARTS) is 1. The van der Waals surface area contributed by atoms with Crippen LogP contribution < -0.4 is 0 Å². The lowest BCUT2D eigenvalue weighted by atomic mass is 9.92. The van der Waals surface area contributed by atoms with Gasteiger partial charge in [0, 0.05) is 26.2 Å². The summed E-state index contributed by atoms with van der Waals surface area (Å²) in [4.78, 5) is 26.4. The maximum Gasteiger partial charge on any atom is 0.319 e. The maximum atomic E-state index is 12.3. The summed E-state index contributed by atoms with van der Waals surface area (Å²) in [6, 6.07) is 0.547. The van der Waals surface area contributed by atoms with Gasteiger partial charge in [0.25, 0.3) is 0 Å². The molecule has 1 aliphatic carbocycles. The van der Waals surface area contributed by atoms with Crippen LogP contribution in [0.2, 0.25) is 0 Å². The number of amides is 2. The minimum Gasteiger partial charge on any atom is -0.481 e. The zero-order valence-electron chi connectivity index (χ0n) is 12.1. The van der Waals surface area contributed by atoms with Crippen LogP contribution in [0.15, 0.2) is 0 Å². The second kappa shape index (κ2) is 6.92. The molecule has 1 aliphatic heterocycles. The van der Waals surface area contributed by atoms with Crippen LogP contribution in [0.4, 0.5) is 4.79 Å². The monoisotopic (exact) mass is 284 g/mol. The van der Waals surface area contributed by atoms with E-state index in [0.29, 0.717) is 19.1 Å². The van der Waals surface area contributed by atoms with Gasteiger partial charge in [0.2, 0.25) is 0 Å². The number of carbonyl (C=O) groups excluding carboxylic acids is 1. The first-order valence-corrected chi connectivity index (χ1v) is 7.43. The number of hydrogen-bond acceptors (Lipinski definition) is 3. The molecule has 0 unspecified atom stereocenters. The summed E-state index contributed by atoms with van der Waals surface area (Å²) in [5.41, 5.74) is 0. The molecule has 2 aliphatic rings. The largest absolute Gasteiger partial charge is 0.481 e. The van der Waals surface area contributed by atoms with Gasteiger partial charge in [0.15, 0.2) is 0 Å². The summed E-state index contributed by atoms with van der Waals surface area (Å²) in [6.45, 7) is 1.66. The van der Waals surface area contributed by atoms with Crippen molar-refractivity contribution in [3.8, 4) is 0 Å². The summed E-state index contributed by atoms with van der Waals surface area (Å²) in [5.74, 6) is -0.834. The standard InChI is InChI=1S/C14H24N2O4/c1-15(11-3-2-4-11)14(19)16-8-5-12(6-9-16)20-10-7-13(17)18/h11-12H,2-10H2,1H3,(H,17,18). The molecule has 0 aromatic rings. The number of urea groups is 1. The highest BCUT2D eigenvalue weighted by atomic mass is 16.5. The SMILES string of the molecule is CN(C(=O)N1CCC(OCCC(=O)O)CC1)C1CCC1. The first-order valence-electron chi connectivity index (χ1n) is 7.43. The van der Waals surface area contributed by atoms with E-state index >= 15 is 0 Å². The molecule has 114 valence electrons. The molecule has 6 nitrogen and oxygen atoms in total. The topological polar surface area (TPSA) is 70.1 Å². The van der Waals surface area contributed by atoms with Gasteiger partial charge in [-0.1, -0.05) is 0 Å². The fourth-order valence-electron chi connectivity index (χ4n) is 2.68. The Hall–Kier alpha value is -1.30. The van der Waals surface area contributed by atoms with Crippen LogP contribution in [-0.2, 0) is 9.53 Å². The van der Waals surface area contributed by atoms with Gasteiger partial charge in [-0.15, -0.1) is 0 Å². The number of nitrogens with zero attached hydrogens (tertiary/aromatic N) is 2. The quantitative estimate of drug-likeness (QED) is 0.831. The fourth-order valence-corrected chi connectivity index (χ4v) is 2.68. The highest BCUT2D eigenvalue weighted by Gasteiger charge is 2.30. The molecular formula is C14H24N2O4. The van der Waals surface area contributed by atoms with Gasteiger partial charge in [0.05, 0.1) is 19.1 Å². The predicted octanol–water partition coefficient (Wildman–Crippen LogP) is 1.55. The molecule has 0 aromatic heterocycles. The lowest BCUT2D eigenvalue weighted by molar-refractivity contribution is -0.138. The number of rotatable bonds is 5. The average molecular weight is 284 g/mol. The molecule has 2 amide bonds. The van der Waals surface area contributed by atoms with Crippen molar-refractivity contribution in [3.63, 3.8) is 0 Å². The molecule has 1 saturated carbocycles. The van der Waals surface area contributed by atoms with E-state index in [1.165, 1.54) is 6.42 Å². The van der Waals surface area contributed by atoms with Crippen molar-refractivity contribution in [2.24, 2.45) is 0 Å². The van der Waals surface area contributed by atoms with Crippen molar-refractivity contribution in [1.29, 1.82) is 0 Å². The predicted molar refractivity (Wildman–Crippen MR) is 73.6 cm³/mol. The Bertz CT molecular complexity index is 349. The molecule has 0 aromatic carbocycles. The van der Waals surface area contributed by atoms with Crippen LogP contribution in [0.25, 0.3) is 0 Å². The van der Waals surface area contributed by atoms with Gasteiger partial charge in [-0.3, -0.25) is 4.79 Å². The Kier molecular flexibility index (Phi) is 5.23. The zero-order chi connectivity index (χ0) is 14.5. The highest BCUT2D eigenvalue weighted by molar-refractivity contribution is 5.74. The Morgan fingerprint density at radius 1 is 1.25 bits per heavy atom. The summed E-state index contributed by atoms with van der Waals surface area (Å²) < 4.78 is 5.53. The molecule has 6 heteroatoms. The van der Waals surface area contributed by atoms with Gasteiger partial charge in [-0.05, 0) is 32.1 Å². The van der Waals surface area contributed by atoms with Crippen LogP contribution in [0.3, 0.4) is 0 Å². The molecule has 1 heterocycles. The number of aliphatic carboxylic acids is 1. The Morgan fingerprint density at radius 2 is 1.90 bits per heavy atom. The average Bonchev–Trinajstić information content (AvgIpc) is 2.36. The maximum absolute atomic E-state index is 12.3. The van der Waals surface area contributed by atoms with E-state index < -0.39 is 5.97 Å². The van der Waals surface area contributed by atoms with Crippen LogP contribution in [0.5, 0.6) is 0 Å². The zero-order valence-corrected chi connectivity index (χ0v) is 12.1. The smallest absolute Gasteiger partial charge is 0.319 e. The van der Waals surface area contributed by atoms with E-state index in [4.69, 9.17) is 9.84 Å². The van der Waals surface area contributed by atoms with Crippen molar-refractivity contribution in [3.05, 3.63) is 0 Å². The van der Waals surface area contributed by atoms with Crippen molar-refractivity contribution in [2.45, 2.75) is 50.7 Å². The first kappa shape index (κ1) is 15.1. The van der Waals surface area contributed by atoms with Gasteiger partial charge in [0.1, 0.15) is 0 Å². The summed E-state index contributed by atoms with van der Waals surface area (Å²) >= 11 is 0. The van der Waals surface area contributed by atoms with E-state index in [2.05, 4.69) is 0 Å². The Morgan fingerprint density at radius 3 is 2.40 bits per heavy atom. The second-order valence-corrected chi connectivity index (χ2v) is 5.68. The minimum absolute atomic E-state index is 0.0452. The Labute approximate surface area is 119 Å². The normalized spacial score (nSPS) is 20.6. The lowest BCUT2D eigenvalue weighted by Gasteiger charge is -2.40. The second-order valence-electron chi connectivity index (χ2n) is 5.68. The van der Waals surface area contributed by atoms with Crippen LogP contribution in [0, 0.1) is 0 Å². The summed E-state index contributed by atoms with van der Waals surface area (Å²) in [6.07, 6.45) is 5.19. The Balaban J connectivity index is 1.67. The van der Waals surface area contributed by atoms with Gasteiger partial charge >= 0.3 is 12.0 Å². The van der Waals surface area contributed by atoms with Crippen molar-refractivity contribution in [2.75, 3.05) is 26.7 Å². The molecule has 0 bridgehead atoms. The molecule has 20 heavy (non-hydrogen) atoms. The minimum atomic E-state index is -0.834. The molecule has 1 saturated heterocycles. The third kappa shape index (κ3) is 3.85. The molecule has 2 fully saturated rings. The van der Waals surface area contributed by atoms with Crippen molar-refractivity contribution in [1.82, 2.24) is 9.80 Å². The van der Waals surface area contributed by atoms with E-state index in [1.807, 2.05) is 16.8 Å². The molecule has 0 spiro atoms. The van der Waals surface area contributed by atoms with Gasteiger partial charge in [-0.2, -0.15) is 0 Å². The number of ether oxygens (including phenoxy) is 1. The van der Waals surface area contributed by atoms with E-state index in [-0.39, 0.29) is 25.2 Å². The van der Waals surface area contributed by atoms with E-state index in [1.54, 1.807) is 0 Å². The van der Waals surface area contributed by atoms with Crippen LogP contribution in [-0.4, -0.2) is 65.8 Å². The van der Waals surface area contributed by atoms with Crippen molar-refractivity contribution < 1.29 is 19.4 Å². The number of piperidine rings is 1. The number of likely N-dealkylation sites (tertiary alicyclic amines) is 1. The third-order valence-electron chi connectivity index (χ3n) is 4.31. The van der Waals surface area contributed by atoms with Crippen molar-refractivity contribution >= 4 is 12.0 Å². The molecule has 2 rings (SSSR count). The summed E-state index contributed by atoms with van der Waals surface area (Å²) in [7, 11) is 1.89. The van der Waals surface area contributed by atoms with Gasteiger partial charge in [-0.25, -0.2) is 4.79 Å². The molecular weight excluding hydrogens is 260 g/mol. The highest BCUT2D eigenvalue weighted by Crippen LogP contribution is 2.25. The number of carbonyl (C=O) groups is 2. The van der Waals surface area contributed by atoms with E-state index in [9.17, 15) is 9.59 Å². The first-order chi connectivity index (χ1) is 9.58. The summed E-state index contributed by atoms with van der Waals surface area (Å²) in [5, 5.41) is 8.56. The molecule has 0 atom stereocenters. The van der Waals surface area contributed by atoms with Crippen LogP contribution >= 0.6 is 0 Å². The molecule has 1 N–H and O–H groups in total. The molecule has 0 radical (unpaired) electrons. The number of hydrogen-bond donors (Lipinski definition) is 1. The lowest BCUT2D eigenvalue weighted by Crippen LogP contribution is -2.51. The van der Waals surface area contributed by atoms with Gasteiger partial charge < -0.3 is 19.6 Å². The third-order valence-corrected chi connectivity index (χ3v) is 4.31. The number of carboxylic acids is 1.